The van der Waals surface area contributed by atoms with Gasteiger partial charge in [0.05, 0.1) is 30.7 Å². The molecule has 1 amide bonds. The molecular formula is C32H42N4O4. The van der Waals surface area contributed by atoms with E-state index < -0.39 is 6.04 Å². The molecule has 0 spiro atoms. The van der Waals surface area contributed by atoms with Crippen molar-refractivity contribution < 1.29 is 19.1 Å². The number of hydrogen-bond donors (Lipinski definition) is 0. The summed E-state index contributed by atoms with van der Waals surface area (Å²) in [6, 6.07) is 18.6. The van der Waals surface area contributed by atoms with Crippen LogP contribution in [0.3, 0.4) is 0 Å². The average Bonchev–Trinajstić information content (AvgIpc) is 2.99. The molecule has 2 aromatic carbocycles. The summed E-state index contributed by atoms with van der Waals surface area (Å²) in [6.45, 7) is 3.34. The van der Waals surface area contributed by atoms with Gasteiger partial charge in [-0.15, -0.1) is 0 Å². The Morgan fingerprint density at radius 3 is 2.45 bits per heavy atom. The van der Waals surface area contributed by atoms with Crippen LogP contribution < -0.4 is 4.74 Å². The van der Waals surface area contributed by atoms with E-state index in [1.165, 1.54) is 0 Å². The lowest BCUT2D eigenvalue weighted by Gasteiger charge is -2.43. The molecular weight excluding hydrogens is 504 g/mol. The monoisotopic (exact) mass is 546 g/mol. The first-order valence-corrected chi connectivity index (χ1v) is 14.5. The van der Waals surface area contributed by atoms with Gasteiger partial charge in [0.1, 0.15) is 12.4 Å². The van der Waals surface area contributed by atoms with E-state index in [1.54, 1.807) is 24.3 Å². The van der Waals surface area contributed by atoms with Gasteiger partial charge in [0.15, 0.2) is 0 Å². The van der Waals surface area contributed by atoms with Crippen molar-refractivity contribution in [3.63, 3.8) is 0 Å². The number of esters is 1. The number of nitriles is 1. The number of benzene rings is 2. The Balaban J connectivity index is 1.42. The normalized spacial score (nSPS) is 19.1. The predicted molar refractivity (Wildman–Crippen MR) is 154 cm³/mol. The van der Waals surface area contributed by atoms with E-state index >= 15 is 0 Å². The molecule has 2 atom stereocenters. The molecule has 0 bridgehead atoms. The van der Waals surface area contributed by atoms with Crippen molar-refractivity contribution in [2.24, 2.45) is 0 Å². The molecule has 2 aliphatic heterocycles. The highest BCUT2D eigenvalue weighted by molar-refractivity contribution is 5.87. The van der Waals surface area contributed by atoms with Crippen molar-refractivity contribution >= 4 is 11.9 Å². The lowest BCUT2D eigenvalue weighted by Crippen LogP contribution is -2.56. The summed E-state index contributed by atoms with van der Waals surface area (Å²) in [7, 11) is 4.12. The minimum atomic E-state index is -0.559. The van der Waals surface area contributed by atoms with E-state index in [4.69, 9.17) is 14.7 Å². The molecule has 0 aromatic heterocycles. The minimum Gasteiger partial charge on any atom is -0.494 e. The van der Waals surface area contributed by atoms with Crippen LogP contribution in [0.5, 0.6) is 5.75 Å². The summed E-state index contributed by atoms with van der Waals surface area (Å²) in [6.07, 6.45) is 5.65. The molecule has 8 heteroatoms. The van der Waals surface area contributed by atoms with Crippen LogP contribution in [0.15, 0.2) is 54.6 Å². The Bertz CT molecular complexity index is 1130. The quantitative estimate of drug-likeness (QED) is 0.390. The number of hydrogen-bond acceptors (Lipinski definition) is 7. The second kappa shape index (κ2) is 14.8. The Hall–Kier alpha value is -3.41. The minimum absolute atomic E-state index is 0.0150. The first kappa shape index (κ1) is 29.6. The topological polar surface area (TPSA) is 86.1 Å². The fourth-order valence-corrected chi connectivity index (χ4v) is 5.74. The highest BCUT2D eigenvalue weighted by atomic mass is 16.5. The van der Waals surface area contributed by atoms with Gasteiger partial charge in [0.2, 0.25) is 5.91 Å². The van der Waals surface area contributed by atoms with Gasteiger partial charge in [-0.05, 0) is 89.1 Å². The number of carbonyl (C=O) groups excluding carboxylic acids is 2. The molecule has 4 rings (SSSR count). The lowest BCUT2D eigenvalue weighted by molar-refractivity contribution is -0.153. The van der Waals surface area contributed by atoms with Crippen LogP contribution in [0.2, 0.25) is 0 Å². The summed E-state index contributed by atoms with van der Waals surface area (Å²) >= 11 is 0. The third kappa shape index (κ3) is 8.30. The van der Waals surface area contributed by atoms with Gasteiger partial charge in [-0.3, -0.25) is 14.5 Å². The summed E-state index contributed by atoms with van der Waals surface area (Å²) in [5.74, 6) is 0.384. The van der Waals surface area contributed by atoms with Gasteiger partial charge in [-0.2, -0.15) is 5.26 Å². The van der Waals surface area contributed by atoms with Crippen molar-refractivity contribution in [1.82, 2.24) is 14.7 Å². The zero-order chi connectivity index (χ0) is 28.3. The second-order valence-electron chi connectivity index (χ2n) is 11.0. The Morgan fingerprint density at radius 1 is 1.02 bits per heavy atom. The van der Waals surface area contributed by atoms with Crippen molar-refractivity contribution in [3.05, 3.63) is 65.7 Å². The molecule has 2 fully saturated rings. The first-order chi connectivity index (χ1) is 19.4. The molecule has 2 heterocycles. The van der Waals surface area contributed by atoms with Gasteiger partial charge in [0, 0.05) is 25.0 Å². The number of ether oxygens (including phenoxy) is 2. The number of likely N-dealkylation sites (N-methyl/N-ethyl adjacent to an activating group) is 1. The number of likely N-dealkylation sites (tertiary alicyclic amines) is 2. The molecule has 8 nitrogen and oxygen atoms in total. The third-order valence-electron chi connectivity index (χ3n) is 8.26. The zero-order valence-electron chi connectivity index (χ0n) is 23.8. The van der Waals surface area contributed by atoms with Gasteiger partial charge in [-0.1, -0.05) is 30.3 Å². The van der Waals surface area contributed by atoms with E-state index in [9.17, 15) is 9.59 Å². The van der Waals surface area contributed by atoms with Crippen molar-refractivity contribution in [3.8, 4) is 11.8 Å². The molecule has 0 radical (unpaired) electrons. The Morgan fingerprint density at radius 2 is 1.75 bits per heavy atom. The molecule has 0 saturated carbocycles. The number of nitrogens with zero attached hydrogens (tertiary/aromatic N) is 4. The predicted octanol–water partition coefficient (Wildman–Crippen LogP) is 4.24. The third-order valence-corrected chi connectivity index (χ3v) is 8.26. The molecule has 2 saturated heterocycles. The molecule has 0 N–H and O–H groups in total. The van der Waals surface area contributed by atoms with Crippen LogP contribution in [0, 0.1) is 11.3 Å². The average molecular weight is 547 g/mol. The molecule has 2 aliphatic rings. The van der Waals surface area contributed by atoms with Crippen LogP contribution in [-0.2, 0) is 20.9 Å². The van der Waals surface area contributed by atoms with E-state index in [2.05, 4.69) is 22.9 Å². The molecule has 0 aliphatic carbocycles. The number of carbonyl (C=O) groups is 2. The van der Waals surface area contributed by atoms with Crippen LogP contribution >= 0.6 is 0 Å². The van der Waals surface area contributed by atoms with Crippen LogP contribution in [0.25, 0.3) is 0 Å². The molecule has 1 unspecified atom stereocenters. The second-order valence-corrected chi connectivity index (χ2v) is 11.0. The molecule has 214 valence electrons. The highest BCUT2D eigenvalue weighted by Gasteiger charge is 2.38. The summed E-state index contributed by atoms with van der Waals surface area (Å²) < 4.78 is 11.6. The SMILES string of the molecule is CN1CCC(N(C)[C@@H](CC(=O)OCc2ccccc2)C(=O)N2CCCCC2CCOc2ccc(C#N)cc2)CC1. The van der Waals surface area contributed by atoms with Crippen molar-refractivity contribution in [2.45, 2.75) is 69.7 Å². The maximum absolute atomic E-state index is 14.2. The van der Waals surface area contributed by atoms with Crippen LogP contribution in [0.1, 0.15) is 56.1 Å². The molecule has 2 aromatic rings. The number of amides is 1. The van der Waals surface area contributed by atoms with E-state index in [0.29, 0.717) is 24.5 Å². The number of rotatable bonds is 11. The van der Waals surface area contributed by atoms with E-state index in [-0.39, 0.29) is 37.0 Å². The maximum Gasteiger partial charge on any atom is 0.308 e. The largest absolute Gasteiger partial charge is 0.494 e. The summed E-state index contributed by atoms with van der Waals surface area (Å²) in [5.41, 5.74) is 1.53. The Kier molecular flexibility index (Phi) is 11.0. The fraction of sp³-hybridized carbons (Fsp3) is 0.531. The van der Waals surface area contributed by atoms with Crippen molar-refractivity contribution in [1.29, 1.82) is 5.26 Å². The first-order valence-electron chi connectivity index (χ1n) is 14.5. The smallest absolute Gasteiger partial charge is 0.308 e. The summed E-state index contributed by atoms with van der Waals surface area (Å²) in [4.78, 5) is 33.6. The van der Waals surface area contributed by atoms with Gasteiger partial charge < -0.3 is 19.3 Å². The summed E-state index contributed by atoms with van der Waals surface area (Å²) in [5, 5.41) is 9.01. The van der Waals surface area contributed by atoms with Gasteiger partial charge in [0.25, 0.3) is 0 Å². The lowest BCUT2D eigenvalue weighted by atomic mass is 9.96. The van der Waals surface area contributed by atoms with E-state index in [0.717, 1.165) is 57.2 Å². The highest BCUT2D eigenvalue weighted by Crippen LogP contribution is 2.26. The van der Waals surface area contributed by atoms with Crippen LogP contribution in [-0.4, -0.2) is 85.0 Å². The number of piperidine rings is 2. The Labute approximate surface area is 238 Å². The fourth-order valence-electron chi connectivity index (χ4n) is 5.74. The van der Waals surface area contributed by atoms with E-state index in [1.807, 2.05) is 42.3 Å². The molecule has 40 heavy (non-hydrogen) atoms. The maximum atomic E-state index is 14.2. The standard InChI is InChI=1S/C32H42N4O4/c1-34-19-15-27(16-20-34)35(2)30(22-31(37)40-24-26-8-4-3-5-9-26)32(38)36-18-7-6-10-28(36)17-21-39-29-13-11-25(23-33)12-14-29/h3-5,8-9,11-14,27-28,30H,6-7,10,15-22,24H2,1-2H3/t28?,30-/m0/s1. The van der Waals surface area contributed by atoms with Gasteiger partial charge >= 0.3 is 5.97 Å². The van der Waals surface area contributed by atoms with Crippen molar-refractivity contribution in [2.75, 3.05) is 40.3 Å². The van der Waals surface area contributed by atoms with Gasteiger partial charge in [-0.25, -0.2) is 0 Å². The van der Waals surface area contributed by atoms with Crippen LogP contribution in [0.4, 0.5) is 0 Å². The zero-order valence-corrected chi connectivity index (χ0v) is 23.8.